The summed E-state index contributed by atoms with van der Waals surface area (Å²) in [6, 6.07) is 9.96. The van der Waals surface area contributed by atoms with Gasteiger partial charge in [0.25, 0.3) is 0 Å². The molecule has 5 rings (SSSR count). The molecule has 154 valence electrons. The predicted molar refractivity (Wildman–Crippen MR) is 109 cm³/mol. The number of benzene rings is 2. The highest BCUT2D eigenvalue weighted by molar-refractivity contribution is 5.93. The van der Waals surface area contributed by atoms with Crippen LogP contribution in [0.4, 0.5) is 0 Å². The highest BCUT2D eigenvalue weighted by Gasteiger charge is 2.33. The van der Waals surface area contributed by atoms with E-state index in [9.17, 15) is 24.9 Å². The number of phenols is 3. The van der Waals surface area contributed by atoms with Crippen LogP contribution in [-0.2, 0) is 4.79 Å². The summed E-state index contributed by atoms with van der Waals surface area (Å²) in [5.41, 5.74) is 1.16. The monoisotopic (exact) mass is 417 g/mol. The minimum absolute atomic E-state index is 0.0187. The number of pyridine rings is 1. The normalized spacial score (nSPS) is 15.5. The van der Waals surface area contributed by atoms with E-state index in [0.717, 1.165) is 5.56 Å². The second-order valence-corrected chi connectivity index (χ2v) is 7.20. The van der Waals surface area contributed by atoms with E-state index in [2.05, 4.69) is 4.98 Å². The summed E-state index contributed by atoms with van der Waals surface area (Å²) in [5.74, 6) is -1.79. The zero-order valence-electron chi connectivity index (χ0n) is 15.9. The molecular weight excluding hydrogens is 402 g/mol. The zero-order chi connectivity index (χ0) is 21.7. The second-order valence-electron chi connectivity index (χ2n) is 7.20. The fourth-order valence-corrected chi connectivity index (χ4v) is 3.86. The summed E-state index contributed by atoms with van der Waals surface area (Å²) >= 11 is 0. The molecule has 0 spiro atoms. The maximum absolute atomic E-state index is 12.9. The molecule has 2 aromatic carbocycles. The standard InChI is InChI=1S/C23H15NO7/c25-14-2-1-12(7-15(14)26)18-9-16(27)22-17(28)10-19-21(23(22)31-18)13(8-20(29)30-19)11-3-5-24-6-4-11/h1-7,9-10,13,25-26,28H,8H2. The second kappa shape index (κ2) is 6.88. The van der Waals surface area contributed by atoms with Crippen molar-refractivity contribution in [1.82, 2.24) is 4.98 Å². The Balaban J connectivity index is 1.83. The van der Waals surface area contributed by atoms with Gasteiger partial charge in [-0.2, -0.15) is 0 Å². The van der Waals surface area contributed by atoms with Crippen LogP contribution in [0.25, 0.3) is 22.3 Å². The van der Waals surface area contributed by atoms with Crippen molar-refractivity contribution >= 4 is 16.9 Å². The zero-order valence-corrected chi connectivity index (χ0v) is 15.9. The Hall–Kier alpha value is -4.33. The van der Waals surface area contributed by atoms with Gasteiger partial charge in [0.05, 0.1) is 6.42 Å². The van der Waals surface area contributed by atoms with Crippen LogP contribution in [0.2, 0.25) is 0 Å². The molecule has 0 aliphatic carbocycles. The van der Waals surface area contributed by atoms with Gasteiger partial charge in [-0.15, -0.1) is 0 Å². The molecule has 2 aromatic heterocycles. The maximum atomic E-state index is 12.9. The third-order valence-electron chi connectivity index (χ3n) is 5.29. The lowest BCUT2D eigenvalue weighted by Gasteiger charge is -2.26. The molecule has 1 atom stereocenters. The van der Waals surface area contributed by atoms with Crippen molar-refractivity contribution in [2.24, 2.45) is 0 Å². The minimum Gasteiger partial charge on any atom is -0.507 e. The number of aromatic nitrogens is 1. The number of nitrogens with zero attached hydrogens (tertiary/aromatic N) is 1. The molecule has 0 bridgehead atoms. The van der Waals surface area contributed by atoms with Crippen LogP contribution in [0.5, 0.6) is 23.0 Å². The average molecular weight is 417 g/mol. The number of ether oxygens (including phenoxy) is 1. The molecule has 1 unspecified atom stereocenters. The first-order valence-corrected chi connectivity index (χ1v) is 9.39. The first-order chi connectivity index (χ1) is 14.9. The van der Waals surface area contributed by atoms with Gasteiger partial charge in [-0.3, -0.25) is 14.6 Å². The topological polar surface area (TPSA) is 130 Å². The molecular formula is C23H15NO7. The number of carbonyl (C=O) groups is 1. The Bertz CT molecular complexity index is 1410. The summed E-state index contributed by atoms with van der Waals surface area (Å²) in [6.45, 7) is 0. The van der Waals surface area contributed by atoms with Crippen LogP contribution in [-0.4, -0.2) is 26.3 Å². The number of aromatic hydroxyl groups is 3. The molecule has 0 fully saturated rings. The first kappa shape index (κ1) is 18.7. The molecule has 0 saturated carbocycles. The van der Waals surface area contributed by atoms with E-state index in [4.69, 9.17) is 9.15 Å². The van der Waals surface area contributed by atoms with Crippen LogP contribution in [0.3, 0.4) is 0 Å². The van der Waals surface area contributed by atoms with E-state index in [1.807, 2.05) is 0 Å². The van der Waals surface area contributed by atoms with Gasteiger partial charge in [-0.25, -0.2) is 0 Å². The van der Waals surface area contributed by atoms with Gasteiger partial charge >= 0.3 is 5.97 Å². The maximum Gasteiger partial charge on any atom is 0.312 e. The van der Waals surface area contributed by atoms with Gasteiger partial charge in [0.1, 0.15) is 28.2 Å². The summed E-state index contributed by atoms with van der Waals surface area (Å²) in [7, 11) is 0. The number of hydrogen-bond donors (Lipinski definition) is 3. The predicted octanol–water partition coefficient (Wildman–Crippen LogP) is 3.41. The Morgan fingerprint density at radius 3 is 2.42 bits per heavy atom. The van der Waals surface area contributed by atoms with Crippen LogP contribution in [0, 0.1) is 0 Å². The van der Waals surface area contributed by atoms with E-state index in [1.54, 1.807) is 24.5 Å². The number of hydrogen-bond acceptors (Lipinski definition) is 8. The van der Waals surface area contributed by atoms with Gasteiger partial charge in [-0.1, -0.05) is 0 Å². The molecule has 3 heterocycles. The van der Waals surface area contributed by atoms with Crippen molar-refractivity contribution in [2.75, 3.05) is 0 Å². The van der Waals surface area contributed by atoms with Crippen molar-refractivity contribution in [2.45, 2.75) is 12.3 Å². The van der Waals surface area contributed by atoms with Crippen molar-refractivity contribution < 1.29 is 29.3 Å². The molecule has 0 amide bonds. The third-order valence-corrected chi connectivity index (χ3v) is 5.29. The van der Waals surface area contributed by atoms with Crippen LogP contribution < -0.4 is 10.2 Å². The molecule has 31 heavy (non-hydrogen) atoms. The van der Waals surface area contributed by atoms with E-state index < -0.39 is 17.3 Å². The number of rotatable bonds is 2. The molecule has 3 N–H and O–H groups in total. The SMILES string of the molecule is O=C1CC(c2ccncc2)c2c(cc(O)c3c(=O)cc(-c4ccc(O)c(O)c4)oc23)O1. The largest absolute Gasteiger partial charge is 0.507 e. The van der Waals surface area contributed by atoms with Crippen molar-refractivity contribution in [1.29, 1.82) is 0 Å². The number of esters is 1. The van der Waals surface area contributed by atoms with Gasteiger partial charge < -0.3 is 24.5 Å². The quantitative estimate of drug-likeness (QED) is 0.257. The summed E-state index contributed by atoms with van der Waals surface area (Å²) in [4.78, 5) is 29.1. The fraction of sp³-hybridized carbons (Fsp3) is 0.0870. The molecule has 0 radical (unpaired) electrons. The smallest absolute Gasteiger partial charge is 0.312 e. The van der Waals surface area contributed by atoms with Gasteiger partial charge in [-0.05, 0) is 35.9 Å². The lowest BCUT2D eigenvalue weighted by atomic mass is 9.85. The van der Waals surface area contributed by atoms with E-state index in [1.165, 1.54) is 30.3 Å². The average Bonchev–Trinajstić information content (AvgIpc) is 2.75. The highest BCUT2D eigenvalue weighted by Crippen LogP contribution is 2.46. The lowest BCUT2D eigenvalue weighted by molar-refractivity contribution is -0.135. The summed E-state index contributed by atoms with van der Waals surface area (Å²) in [6.07, 6.45) is 3.21. The minimum atomic E-state index is -0.505. The fourth-order valence-electron chi connectivity index (χ4n) is 3.86. The third kappa shape index (κ3) is 3.05. The van der Waals surface area contributed by atoms with Gasteiger partial charge in [0, 0.05) is 41.6 Å². The molecule has 8 nitrogen and oxygen atoms in total. The molecule has 0 saturated heterocycles. The molecule has 8 heteroatoms. The molecule has 1 aliphatic rings. The van der Waals surface area contributed by atoms with Gasteiger partial charge in [0.2, 0.25) is 0 Å². The Kier molecular flexibility index (Phi) is 4.14. The van der Waals surface area contributed by atoms with Gasteiger partial charge in [0.15, 0.2) is 16.9 Å². The Morgan fingerprint density at radius 2 is 1.68 bits per heavy atom. The first-order valence-electron chi connectivity index (χ1n) is 9.39. The number of phenolic OH excluding ortho intramolecular Hbond substituents is 3. The van der Waals surface area contributed by atoms with E-state index >= 15 is 0 Å². The summed E-state index contributed by atoms with van der Waals surface area (Å²) < 4.78 is 11.4. The Morgan fingerprint density at radius 1 is 0.903 bits per heavy atom. The molecule has 1 aliphatic heterocycles. The highest BCUT2D eigenvalue weighted by atomic mass is 16.5. The molecule has 4 aromatic rings. The lowest BCUT2D eigenvalue weighted by Crippen LogP contribution is -2.22. The van der Waals surface area contributed by atoms with Crippen LogP contribution in [0.1, 0.15) is 23.5 Å². The van der Waals surface area contributed by atoms with Crippen LogP contribution >= 0.6 is 0 Å². The number of carbonyl (C=O) groups excluding carboxylic acids is 1. The summed E-state index contributed by atoms with van der Waals surface area (Å²) in [5, 5.41) is 29.8. The van der Waals surface area contributed by atoms with E-state index in [-0.39, 0.29) is 46.1 Å². The van der Waals surface area contributed by atoms with Crippen LogP contribution in [0.15, 0.2) is 64.1 Å². The van der Waals surface area contributed by atoms with Crippen molar-refractivity contribution in [3.05, 3.63) is 76.2 Å². The van der Waals surface area contributed by atoms with Crippen molar-refractivity contribution in [3.8, 4) is 34.3 Å². The number of fused-ring (bicyclic) bond motifs is 3. The van der Waals surface area contributed by atoms with Crippen molar-refractivity contribution in [3.63, 3.8) is 0 Å². The van der Waals surface area contributed by atoms with E-state index in [0.29, 0.717) is 11.1 Å². The Labute approximate surface area is 174 Å².